The Morgan fingerprint density at radius 1 is 0.857 bits per heavy atom. The van der Waals surface area contributed by atoms with Crippen LogP contribution in [-0.4, -0.2) is 5.91 Å². The first-order valence-corrected chi connectivity index (χ1v) is 8.88. The lowest BCUT2D eigenvalue weighted by atomic mass is 10.2. The topological polar surface area (TPSA) is 77.0 Å². The molecule has 0 spiro atoms. The number of hydrogen-bond donors (Lipinski definition) is 3. The van der Waals surface area contributed by atoms with Crippen molar-refractivity contribution in [2.24, 2.45) is 0 Å². The lowest BCUT2D eigenvalue weighted by Gasteiger charge is -2.08. The van der Waals surface area contributed by atoms with E-state index in [1.807, 2.05) is 60.7 Å². The minimum atomic E-state index is -0.537. The molecule has 0 aromatic heterocycles. The molecule has 0 saturated heterocycles. The number of carbonyl (C=O) groups is 1. The lowest BCUT2D eigenvalue weighted by molar-refractivity contribution is -0.112. The van der Waals surface area contributed by atoms with Crippen LogP contribution >= 0.6 is 11.6 Å². The fourth-order valence-corrected chi connectivity index (χ4v) is 2.58. The van der Waals surface area contributed by atoms with Gasteiger partial charge in [-0.1, -0.05) is 41.9 Å². The molecule has 0 aliphatic rings. The third kappa shape index (κ3) is 5.13. The summed E-state index contributed by atoms with van der Waals surface area (Å²) in [7, 11) is 0. The van der Waals surface area contributed by atoms with Crippen LogP contribution in [0.15, 0.2) is 90.6 Å². The molecule has 3 aromatic rings. The smallest absolute Gasteiger partial charge is 0.267 e. The monoisotopic (exact) mass is 388 g/mol. The molecule has 0 bridgehead atoms. The van der Waals surface area contributed by atoms with Gasteiger partial charge in [-0.05, 0) is 48.5 Å². The van der Waals surface area contributed by atoms with Crippen molar-refractivity contribution in [2.45, 2.75) is 0 Å². The summed E-state index contributed by atoms with van der Waals surface area (Å²) in [4.78, 5) is 12.3. The third-order valence-corrected chi connectivity index (χ3v) is 4.15. The van der Waals surface area contributed by atoms with Gasteiger partial charge in [0.15, 0.2) is 0 Å². The number of amides is 1. The molecule has 3 N–H and O–H groups in total. The minimum absolute atomic E-state index is 0.0635. The van der Waals surface area contributed by atoms with Crippen molar-refractivity contribution >= 4 is 40.3 Å². The van der Waals surface area contributed by atoms with Gasteiger partial charge >= 0.3 is 0 Å². The van der Waals surface area contributed by atoms with Gasteiger partial charge in [0.1, 0.15) is 11.6 Å². The molecule has 1 amide bonds. The zero-order valence-electron chi connectivity index (χ0n) is 14.8. The highest BCUT2D eigenvalue weighted by molar-refractivity contribution is 6.34. The van der Waals surface area contributed by atoms with Crippen molar-refractivity contribution in [1.82, 2.24) is 0 Å². The first-order valence-electron chi connectivity index (χ1n) is 8.50. The Balaban J connectivity index is 1.63. The van der Waals surface area contributed by atoms with Crippen molar-refractivity contribution in [1.29, 1.82) is 5.26 Å². The summed E-state index contributed by atoms with van der Waals surface area (Å²) >= 11 is 6.02. The second kappa shape index (κ2) is 9.26. The number of para-hydroxylation sites is 2. The Bertz CT molecular complexity index is 1020. The van der Waals surface area contributed by atoms with Crippen LogP contribution in [0.1, 0.15) is 0 Å². The molecule has 6 heteroatoms. The van der Waals surface area contributed by atoms with Crippen LogP contribution in [0.2, 0.25) is 5.02 Å². The molecule has 0 aliphatic carbocycles. The van der Waals surface area contributed by atoms with Crippen LogP contribution in [0.5, 0.6) is 0 Å². The van der Waals surface area contributed by atoms with Crippen LogP contribution in [0.3, 0.4) is 0 Å². The Morgan fingerprint density at radius 2 is 1.46 bits per heavy atom. The quantitative estimate of drug-likeness (QED) is 0.382. The number of rotatable bonds is 6. The Kier molecular flexibility index (Phi) is 6.29. The Morgan fingerprint density at radius 3 is 2.14 bits per heavy atom. The van der Waals surface area contributed by atoms with Crippen LogP contribution in [0.4, 0.5) is 22.7 Å². The van der Waals surface area contributed by atoms with Crippen LogP contribution in [0, 0.1) is 11.3 Å². The van der Waals surface area contributed by atoms with Gasteiger partial charge in [0.05, 0.1) is 10.7 Å². The zero-order chi connectivity index (χ0) is 19.8. The molecule has 3 aromatic carbocycles. The number of anilines is 4. The van der Waals surface area contributed by atoms with Crippen LogP contribution in [-0.2, 0) is 4.79 Å². The summed E-state index contributed by atoms with van der Waals surface area (Å²) in [6.07, 6.45) is 1.37. The first-order chi connectivity index (χ1) is 13.7. The predicted molar refractivity (Wildman–Crippen MR) is 114 cm³/mol. The number of halogens is 1. The molecular weight excluding hydrogens is 372 g/mol. The molecule has 0 atom stereocenters. The van der Waals surface area contributed by atoms with Crippen molar-refractivity contribution in [3.63, 3.8) is 0 Å². The largest absolute Gasteiger partial charge is 0.360 e. The van der Waals surface area contributed by atoms with Crippen molar-refractivity contribution in [3.05, 3.63) is 95.7 Å². The molecule has 0 aliphatic heterocycles. The molecule has 0 unspecified atom stereocenters. The van der Waals surface area contributed by atoms with E-state index in [4.69, 9.17) is 11.6 Å². The average molecular weight is 389 g/mol. The van der Waals surface area contributed by atoms with Crippen molar-refractivity contribution < 1.29 is 4.79 Å². The van der Waals surface area contributed by atoms with Crippen molar-refractivity contribution in [2.75, 3.05) is 16.0 Å². The molecule has 5 nitrogen and oxygen atoms in total. The number of nitriles is 1. The number of hydrogen-bond acceptors (Lipinski definition) is 4. The van der Waals surface area contributed by atoms with E-state index in [1.165, 1.54) is 6.20 Å². The molecule has 0 radical (unpaired) electrons. The minimum Gasteiger partial charge on any atom is -0.360 e. The zero-order valence-corrected chi connectivity index (χ0v) is 15.6. The normalized spacial score (nSPS) is 10.6. The van der Waals surface area contributed by atoms with E-state index in [2.05, 4.69) is 16.0 Å². The summed E-state index contributed by atoms with van der Waals surface area (Å²) in [5.41, 5.74) is 3.05. The van der Waals surface area contributed by atoms with Gasteiger partial charge in [-0.15, -0.1) is 0 Å². The second-order valence-corrected chi connectivity index (χ2v) is 6.22. The molecule has 3 rings (SSSR count). The Labute approximate surface area is 168 Å². The maximum atomic E-state index is 12.3. The number of benzene rings is 3. The number of nitrogens with one attached hydrogen (secondary N) is 3. The van der Waals surface area contributed by atoms with E-state index in [1.54, 1.807) is 24.3 Å². The van der Waals surface area contributed by atoms with E-state index >= 15 is 0 Å². The lowest BCUT2D eigenvalue weighted by Crippen LogP contribution is -2.14. The number of nitrogens with zero attached hydrogens (tertiary/aromatic N) is 1. The predicted octanol–water partition coefficient (Wildman–Crippen LogP) is 5.54. The third-order valence-electron chi connectivity index (χ3n) is 3.82. The standard InChI is InChI=1S/C22H17ClN4O/c23-20-8-4-5-9-21(20)27-22(28)16(14-24)15-25-17-10-12-19(13-11-17)26-18-6-2-1-3-7-18/h1-13,15,25-26H,(H,27,28)/b16-15-. The number of carbonyl (C=O) groups excluding carboxylic acids is 1. The van der Waals surface area contributed by atoms with E-state index in [0.29, 0.717) is 10.7 Å². The van der Waals surface area contributed by atoms with Gasteiger partial charge in [-0.25, -0.2) is 0 Å². The van der Waals surface area contributed by atoms with Crippen LogP contribution in [0.25, 0.3) is 0 Å². The second-order valence-electron chi connectivity index (χ2n) is 5.82. The van der Waals surface area contributed by atoms with Gasteiger partial charge in [-0.2, -0.15) is 5.26 Å². The van der Waals surface area contributed by atoms with Gasteiger partial charge in [0.25, 0.3) is 5.91 Å². The van der Waals surface area contributed by atoms with E-state index in [-0.39, 0.29) is 5.57 Å². The molecule has 138 valence electrons. The van der Waals surface area contributed by atoms with Gasteiger partial charge in [0.2, 0.25) is 0 Å². The highest BCUT2D eigenvalue weighted by atomic mass is 35.5. The summed E-state index contributed by atoms with van der Waals surface area (Å²) in [6.45, 7) is 0. The summed E-state index contributed by atoms with van der Waals surface area (Å²) < 4.78 is 0. The summed E-state index contributed by atoms with van der Waals surface area (Å²) in [6, 6.07) is 26.1. The fourth-order valence-electron chi connectivity index (χ4n) is 2.39. The highest BCUT2D eigenvalue weighted by Gasteiger charge is 2.10. The SMILES string of the molecule is N#C/C(=C/Nc1ccc(Nc2ccccc2)cc1)C(=O)Nc1ccccc1Cl. The maximum Gasteiger partial charge on any atom is 0.267 e. The fraction of sp³-hybridized carbons (Fsp3) is 0. The molecule has 0 heterocycles. The van der Waals surface area contributed by atoms with Crippen LogP contribution < -0.4 is 16.0 Å². The van der Waals surface area contributed by atoms with Gasteiger partial charge in [-0.3, -0.25) is 4.79 Å². The van der Waals surface area contributed by atoms with E-state index in [9.17, 15) is 10.1 Å². The van der Waals surface area contributed by atoms with E-state index in [0.717, 1.165) is 17.1 Å². The van der Waals surface area contributed by atoms with Gasteiger partial charge < -0.3 is 16.0 Å². The maximum absolute atomic E-state index is 12.3. The summed E-state index contributed by atoms with van der Waals surface area (Å²) in [5.74, 6) is -0.537. The Hall–Kier alpha value is -3.75. The average Bonchev–Trinajstić information content (AvgIpc) is 2.72. The molecule has 0 fully saturated rings. The molecule has 0 saturated carbocycles. The highest BCUT2D eigenvalue weighted by Crippen LogP contribution is 2.21. The first kappa shape index (κ1) is 19.0. The molecule has 28 heavy (non-hydrogen) atoms. The summed E-state index contributed by atoms with van der Waals surface area (Å²) in [5, 5.41) is 18.5. The molecular formula is C22H17ClN4O. The van der Waals surface area contributed by atoms with Crippen molar-refractivity contribution in [3.8, 4) is 6.07 Å². The van der Waals surface area contributed by atoms with Gasteiger partial charge in [0, 0.05) is 23.3 Å². The van der Waals surface area contributed by atoms with E-state index < -0.39 is 5.91 Å².